The minimum Gasteiger partial charge on any atom is -0.324 e. The van der Waals surface area contributed by atoms with Crippen molar-refractivity contribution in [3.05, 3.63) is 84.6 Å². The van der Waals surface area contributed by atoms with Gasteiger partial charge in [-0.15, -0.1) is 0 Å². The third kappa shape index (κ3) is 5.55. The number of hydrogen-bond donors (Lipinski definition) is 2. The summed E-state index contributed by atoms with van der Waals surface area (Å²) in [6, 6.07) is 20.5. The quantitative estimate of drug-likeness (QED) is 0.371. The van der Waals surface area contributed by atoms with Crippen LogP contribution in [-0.4, -0.2) is 30.3 Å². The molecular weight excluding hydrogens is 460 g/mol. The van der Waals surface area contributed by atoms with Gasteiger partial charge in [-0.05, 0) is 48.2 Å². The Kier molecular flexibility index (Phi) is 7.23. The summed E-state index contributed by atoms with van der Waals surface area (Å²) in [7, 11) is -3.86. The van der Waals surface area contributed by atoms with E-state index in [1.165, 1.54) is 12.1 Å². The molecule has 0 saturated carbocycles. The molecule has 0 saturated heterocycles. The predicted octanol–water partition coefficient (Wildman–Crippen LogP) is 4.80. The van der Waals surface area contributed by atoms with E-state index >= 15 is 0 Å². The van der Waals surface area contributed by atoms with Crippen LogP contribution in [0, 0.1) is 5.92 Å². The van der Waals surface area contributed by atoms with E-state index in [-0.39, 0.29) is 10.8 Å². The molecule has 1 atom stereocenters. The Morgan fingerprint density at radius 1 is 0.943 bits per heavy atom. The number of carbonyl (C=O) groups excluding carboxylic acids is 1. The van der Waals surface area contributed by atoms with Gasteiger partial charge < -0.3 is 5.32 Å². The molecule has 7 nitrogen and oxygen atoms in total. The summed E-state index contributed by atoms with van der Waals surface area (Å²) in [4.78, 5) is 22.6. The number of amides is 1. The molecule has 0 fully saturated rings. The highest BCUT2D eigenvalue weighted by Gasteiger charge is 2.28. The molecule has 0 aliphatic rings. The molecule has 0 bridgehead atoms. The van der Waals surface area contributed by atoms with Crippen molar-refractivity contribution in [2.24, 2.45) is 5.92 Å². The number of sulfonamides is 1. The van der Waals surface area contributed by atoms with Gasteiger partial charge in [-0.1, -0.05) is 63.2 Å². The first-order valence-electron chi connectivity index (χ1n) is 11.5. The van der Waals surface area contributed by atoms with E-state index in [9.17, 15) is 13.2 Å². The first kappa shape index (κ1) is 24.5. The summed E-state index contributed by atoms with van der Waals surface area (Å²) in [6.07, 6.45) is 2.40. The molecule has 0 spiro atoms. The Morgan fingerprint density at radius 3 is 2.31 bits per heavy atom. The zero-order valence-corrected chi connectivity index (χ0v) is 20.7. The summed E-state index contributed by atoms with van der Waals surface area (Å²) in [5, 5.41) is 2.95. The zero-order valence-electron chi connectivity index (χ0n) is 19.9. The zero-order chi connectivity index (χ0) is 25.0. The summed E-state index contributed by atoms with van der Waals surface area (Å²) < 4.78 is 28.3. The Balaban J connectivity index is 1.62. The smallest absolute Gasteiger partial charge is 0.242 e. The van der Waals surface area contributed by atoms with Gasteiger partial charge in [0.05, 0.1) is 27.8 Å². The lowest BCUT2D eigenvalue weighted by Crippen LogP contribution is -2.47. The fraction of sp³-hybridized carbons (Fsp3) is 0.222. The molecule has 8 heteroatoms. The molecule has 0 unspecified atom stereocenters. The fourth-order valence-corrected chi connectivity index (χ4v) is 5.16. The van der Waals surface area contributed by atoms with E-state index < -0.39 is 22.0 Å². The average Bonchev–Trinajstić information content (AvgIpc) is 2.87. The van der Waals surface area contributed by atoms with Crippen molar-refractivity contribution < 1.29 is 13.2 Å². The van der Waals surface area contributed by atoms with Crippen molar-refractivity contribution in [1.29, 1.82) is 0 Å². The minimum absolute atomic E-state index is 0.115. The van der Waals surface area contributed by atoms with E-state index in [0.717, 1.165) is 22.2 Å². The van der Waals surface area contributed by atoms with Crippen LogP contribution in [0.25, 0.3) is 22.3 Å². The highest BCUT2D eigenvalue weighted by molar-refractivity contribution is 7.89. The number of rotatable bonds is 8. The average molecular weight is 489 g/mol. The molecule has 2 N–H and O–H groups in total. The van der Waals surface area contributed by atoms with Crippen molar-refractivity contribution in [2.75, 3.05) is 5.32 Å². The highest BCUT2D eigenvalue weighted by Crippen LogP contribution is 2.26. The molecule has 0 aliphatic heterocycles. The van der Waals surface area contributed by atoms with Gasteiger partial charge in [0.1, 0.15) is 6.04 Å². The van der Waals surface area contributed by atoms with Gasteiger partial charge >= 0.3 is 0 Å². The summed E-state index contributed by atoms with van der Waals surface area (Å²) in [6.45, 7) is 5.61. The van der Waals surface area contributed by atoms with Crippen LogP contribution in [0.15, 0.2) is 83.9 Å². The Labute approximate surface area is 205 Å². The Morgan fingerprint density at radius 2 is 1.63 bits per heavy atom. The maximum absolute atomic E-state index is 13.3. The van der Waals surface area contributed by atoms with Crippen molar-refractivity contribution in [1.82, 2.24) is 14.7 Å². The van der Waals surface area contributed by atoms with Crippen molar-refractivity contribution in [2.45, 2.75) is 38.1 Å². The van der Waals surface area contributed by atoms with Crippen LogP contribution in [0.1, 0.15) is 26.3 Å². The highest BCUT2D eigenvalue weighted by atomic mass is 32.2. The van der Waals surface area contributed by atoms with Crippen molar-refractivity contribution in [3.63, 3.8) is 0 Å². The lowest BCUT2D eigenvalue weighted by atomic mass is 10.0. The number of aromatic nitrogens is 2. The minimum atomic E-state index is -3.86. The number of anilines is 1. The molecule has 1 amide bonds. The van der Waals surface area contributed by atoms with Crippen LogP contribution in [0.5, 0.6) is 0 Å². The van der Waals surface area contributed by atoms with Crippen LogP contribution < -0.4 is 10.0 Å². The Bertz CT molecular complexity index is 1450. The molecule has 4 rings (SSSR count). The standard InChI is InChI=1S/C27H28N4O3S/c1-4-19-14-15-20(25-17-28-22-12-8-9-13-23(22)29-25)16-24(19)30-27(32)26(18(2)3)31-35(33,34)21-10-6-5-7-11-21/h5-18,26,31H,4H2,1-3H3,(H,30,32)/t26-/m0/s1. The third-order valence-electron chi connectivity index (χ3n) is 5.78. The van der Waals surface area contributed by atoms with Crippen molar-refractivity contribution >= 4 is 32.7 Å². The number of nitrogens with one attached hydrogen (secondary N) is 2. The molecule has 0 aliphatic carbocycles. The maximum atomic E-state index is 13.3. The number of fused-ring (bicyclic) bond motifs is 1. The van der Waals surface area contributed by atoms with E-state index in [1.54, 1.807) is 38.2 Å². The predicted molar refractivity (Wildman–Crippen MR) is 138 cm³/mol. The fourth-order valence-electron chi connectivity index (χ4n) is 3.79. The summed E-state index contributed by atoms with van der Waals surface area (Å²) >= 11 is 0. The molecule has 3 aromatic carbocycles. The topological polar surface area (TPSA) is 101 Å². The number of benzene rings is 3. The largest absolute Gasteiger partial charge is 0.324 e. The second-order valence-electron chi connectivity index (χ2n) is 8.61. The molecular formula is C27H28N4O3S. The van der Waals surface area contributed by atoms with Gasteiger partial charge in [0.25, 0.3) is 0 Å². The van der Waals surface area contributed by atoms with Crippen LogP contribution in [0.3, 0.4) is 0 Å². The molecule has 1 heterocycles. The second kappa shape index (κ2) is 10.3. The van der Waals surface area contributed by atoms with Gasteiger partial charge in [-0.3, -0.25) is 9.78 Å². The maximum Gasteiger partial charge on any atom is 0.242 e. The van der Waals surface area contributed by atoms with E-state index in [1.807, 2.05) is 49.4 Å². The lowest BCUT2D eigenvalue weighted by Gasteiger charge is -2.22. The van der Waals surface area contributed by atoms with Gasteiger partial charge in [0, 0.05) is 11.3 Å². The Hall–Kier alpha value is -3.62. The van der Waals surface area contributed by atoms with Crippen LogP contribution in [0.2, 0.25) is 0 Å². The molecule has 35 heavy (non-hydrogen) atoms. The number of carbonyl (C=O) groups is 1. The normalized spacial score (nSPS) is 12.6. The molecule has 180 valence electrons. The van der Waals surface area contributed by atoms with Gasteiger partial charge in [-0.2, -0.15) is 4.72 Å². The van der Waals surface area contributed by atoms with Gasteiger partial charge in [0.15, 0.2) is 0 Å². The van der Waals surface area contributed by atoms with Gasteiger partial charge in [-0.25, -0.2) is 13.4 Å². The van der Waals surface area contributed by atoms with Crippen LogP contribution in [-0.2, 0) is 21.2 Å². The number of para-hydroxylation sites is 2. The number of hydrogen-bond acceptors (Lipinski definition) is 5. The first-order valence-corrected chi connectivity index (χ1v) is 13.0. The summed E-state index contributed by atoms with van der Waals surface area (Å²) in [5.41, 5.74) is 4.64. The number of aryl methyl sites for hydroxylation is 1. The second-order valence-corrected chi connectivity index (χ2v) is 10.3. The summed E-state index contributed by atoms with van der Waals surface area (Å²) in [5.74, 6) is -0.691. The first-order chi connectivity index (χ1) is 16.8. The van der Waals surface area contributed by atoms with E-state index in [2.05, 4.69) is 15.0 Å². The van der Waals surface area contributed by atoms with Crippen molar-refractivity contribution in [3.8, 4) is 11.3 Å². The van der Waals surface area contributed by atoms with Crippen LogP contribution in [0.4, 0.5) is 5.69 Å². The molecule has 0 radical (unpaired) electrons. The third-order valence-corrected chi connectivity index (χ3v) is 7.23. The van der Waals surface area contributed by atoms with E-state index in [4.69, 9.17) is 4.98 Å². The monoisotopic (exact) mass is 488 g/mol. The number of nitrogens with zero attached hydrogens (tertiary/aromatic N) is 2. The van der Waals surface area contributed by atoms with E-state index in [0.29, 0.717) is 17.8 Å². The SMILES string of the molecule is CCc1ccc(-c2cnc3ccccc3n2)cc1NC(=O)[C@@H](NS(=O)(=O)c1ccccc1)C(C)C. The lowest BCUT2D eigenvalue weighted by molar-refractivity contribution is -0.118. The molecule has 1 aromatic heterocycles. The van der Waals surface area contributed by atoms with Crippen LogP contribution >= 0.6 is 0 Å². The van der Waals surface area contributed by atoms with Gasteiger partial charge in [0.2, 0.25) is 15.9 Å². The molecule has 4 aromatic rings.